The zero-order valence-electron chi connectivity index (χ0n) is 13.3. The Labute approximate surface area is 143 Å². The molecule has 2 atom stereocenters. The van der Waals surface area contributed by atoms with E-state index in [0.29, 0.717) is 6.42 Å². The third kappa shape index (κ3) is 5.66. The topological polar surface area (TPSA) is 98.8 Å². The molecule has 1 aliphatic rings. The highest BCUT2D eigenvalue weighted by Gasteiger charge is 2.30. The van der Waals surface area contributed by atoms with Crippen molar-refractivity contribution in [1.29, 1.82) is 0 Å². The number of hydrogen-bond acceptors (Lipinski definition) is 6. The van der Waals surface area contributed by atoms with Gasteiger partial charge in [0.2, 0.25) is 0 Å². The highest BCUT2D eigenvalue weighted by atomic mass is 32.2. The van der Waals surface area contributed by atoms with Crippen molar-refractivity contribution in [2.75, 3.05) is 11.5 Å². The van der Waals surface area contributed by atoms with Gasteiger partial charge in [0.05, 0.1) is 17.1 Å². The summed E-state index contributed by atoms with van der Waals surface area (Å²) >= 11 is 0. The molecule has 1 fully saturated rings. The van der Waals surface area contributed by atoms with E-state index in [9.17, 15) is 26.8 Å². The second-order valence-electron chi connectivity index (χ2n) is 5.56. The van der Waals surface area contributed by atoms with E-state index in [4.69, 9.17) is 4.74 Å². The molecule has 1 saturated heterocycles. The van der Waals surface area contributed by atoms with Gasteiger partial charge < -0.3 is 14.8 Å². The minimum atomic E-state index is -3.13. The van der Waals surface area contributed by atoms with Gasteiger partial charge in [-0.25, -0.2) is 13.2 Å². The number of carbonyl (C=O) groups is 2. The number of nitrogens with one attached hydrogen (secondary N) is 1. The van der Waals surface area contributed by atoms with E-state index < -0.39 is 40.5 Å². The van der Waals surface area contributed by atoms with Crippen LogP contribution in [0, 0.1) is 0 Å². The number of ether oxygens (including phenoxy) is 2. The minimum absolute atomic E-state index is 0.0130. The Morgan fingerprint density at radius 3 is 2.40 bits per heavy atom. The van der Waals surface area contributed by atoms with Crippen molar-refractivity contribution in [2.45, 2.75) is 32.1 Å². The maximum Gasteiger partial charge on any atom is 0.387 e. The molecule has 0 radical (unpaired) electrons. The molecule has 0 bridgehead atoms. The zero-order chi connectivity index (χ0) is 18.6. The predicted molar refractivity (Wildman–Crippen MR) is 83.2 cm³/mol. The van der Waals surface area contributed by atoms with Crippen molar-refractivity contribution in [3.05, 3.63) is 29.8 Å². The van der Waals surface area contributed by atoms with Gasteiger partial charge in [-0.1, -0.05) is 0 Å². The summed E-state index contributed by atoms with van der Waals surface area (Å²) in [6.45, 7) is -1.62. The molecule has 0 aromatic heterocycles. The predicted octanol–water partition coefficient (Wildman–Crippen LogP) is 1.14. The van der Waals surface area contributed by atoms with Gasteiger partial charge >= 0.3 is 12.6 Å². The van der Waals surface area contributed by atoms with Gasteiger partial charge in [-0.2, -0.15) is 8.78 Å². The molecule has 1 N–H and O–H groups in total. The number of esters is 1. The first-order chi connectivity index (χ1) is 11.7. The van der Waals surface area contributed by atoms with Crippen LogP contribution in [-0.4, -0.2) is 50.6 Å². The average Bonchev–Trinajstić information content (AvgIpc) is 2.86. The molecule has 2 rings (SSSR count). The number of sulfone groups is 1. The Kier molecular flexibility index (Phi) is 5.93. The lowest BCUT2D eigenvalue weighted by Gasteiger charge is -2.16. The first kappa shape index (κ1) is 19.1. The fourth-order valence-electron chi connectivity index (χ4n) is 2.28. The number of rotatable bonds is 6. The van der Waals surface area contributed by atoms with E-state index in [1.165, 1.54) is 31.2 Å². The Hall–Kier alpha value is -2.23. The van der Waals surface area contributed by atoms with Gasteiger partial charge in [-0.3, -0.25) is 4.79 Å². The molecule has 0 unspecified atom stereocenters. The average molecular weight is 377 g/mol. The van der Waals surface area contributed by atoms with Crippen LogP contribution in [-0.2, 0) is 19.4 Å². The van der Waals surface area contributed by atoms with Gasteiger partial charge in [0.15, 0.2) is 15.9 Å². The normalized spacial score (nSPS) is 20.1. The molecule has 0 spiro atoms. The maximum atomic E-state index is 12.1. The van der Waals surface area contributed by atoms with Gasteiger partial charge in [0, 0.05) is 6.04 Å². The highest BCUT2D eigenvalue weighted by molar-refractivity contribution is 7.91. The summed E-state index contributed by atoms with van der Waals surface area (Å²) in [5, 5.41) is 2.52. The molecular weight excluding hydrogens is 360 g/mol. The molecule has 1 aliphatic heterocycles. The third-order valence-electron chi connectivity index (χ3n) is 3.55. The largest absolute Gasteiger partial charge is 0.449 e. The summed E-state index contributed by atoms with van der Waals surface area (Å²) in [6.07, 6.45) is -0.812. The Morgan fingerprint density at radius 1 is 1.24 bits per heavy atom. The van der Waals surface area contributed by atoms with Gasteiger partial charge in [-0.05, 0) is 37.6 Å². The summed E-state index contributed by atoms with van der Waals surface area (Å²) in [5.74, 6) is -1.65. The van der Waals surface area contributed by atoms with E-state index in [1.807, 2.05) is 0 Å². The number of carbonyl (C=O) groups excluding carboxylic acids is 2. The van der Waals surface area contributed by atoms with Crippen molar-refractivity contribution in [2.24, 2.45) is 0 Å². The second kappa shape index (κ2) is 7.77. The van der Waals surface area contributed by atoms with Crippen LogP contribution in [0.5, 0.6) is 5.75 Å². The van der Waals surface area contributed by atoms with E-state index in [-0.39, 0.29) is 22.8 Å². The van der Waals surface area contributed by atoms with E-state index in [1.54, 1.807) is 0 Å². The molecule has 1 amide bonds. The molecule has 138 valence electrons. The van der Waals surface area contributed by atoms with Crippen molar-refractivity contribution in [3.63, 3.8) is 0 Å². The zero-order valence-corrected chi connectivity index (χ0v) is 14.1. The van der Waals surface area contributed by atoms with Gasteiger partial charge in [0.1, 0.15) is 5.75 Å². The Morgan fingerprint density at radius 2 is 1.88 bits per heavy atom. The molecule has 1 aromatic carbocycles. The number of benzene rings is 1. The van der Waals surface area contributed by atoms with Crippen molar-refractivity contribution >= 4 is 21.7 Å². The summed E-state index contributed by atoms with van der Waals surface area (Å²) in [6, 6.07) is 4.32. The monoisotopic (exact) mass is 377 g/mol. The molecule has 1 aromatic rings. The SMILES string of the molecule is C[C@H](OC(=O)c1ccc(OC(F)F)cc1)C(=O)N[C@@H]1CCS(=O)(=O)C1. The third-order valence-corrected chi connectivity index (χ3v) is 5.31. The van der Waals surface area contributed by atoms with E-state index in [0.717, 1.165) is 0 Å². The fraction of sp³-hybridized carbons (Fsp3) is 0.467. The van der Waals surface area contributed by atoms with Crippen LogP contribution in [0.15, 0.2) is 24.3 Å². The summed E-state index contributed by atoms with van der Waals surface area (Å²) in [4.78, 5) is 23.9. The standard InChI is InChI=1S/C15H17F2NO6S/c1-9(13(19)18-11-6-7-25(21,22)8-11)23-14(20)10-2-4-12(5-3-10)24-15(16)17/h2-5,9,11,15H,6-8H2,1H3,(H,18,19)/t9-,11+/m0/s1. The smallest absolute Gasteiger partial charge is 0.387 e. The fourth-order valence-corrected chi connectivity index (χ4v) is 3.96. The summed E-state index contributed by atoms with van der Waals surface area (Å²) < 4.78 is 56.0. The van der Waals surface area contributed by atoms with Crippen molar-refractivity contribution < 1.29 is 36.3 Å². The summed E-state index contributed by atoms with van der Waals surface area (Å²) in [5.41, 5.74) is 0.0599. The van der Waals surface area contributed by atoms with Crippen LogP contribution < -0.4 is 10.1 Å². The second-order valence-corrected chi connectivity index (χ2v) is 7.79. The quantitative estimate of drug-likeness (QED) is 0.747. The van der Waals surface area contributed by atoms with Crippen LogP contribution in [0.2, 0.25) is 0 Å². The Balaban J connectivity index is 1.87. The van der Waals surface area contributed by atoms with Gasteiger partial charge in [0.25, 0.3) is 5.91 Å². The highest BCUT2D eigenvalue weighted by Crippen LogP contribution is 2.16. The summed E-state index contributed by atoms with van der Waals surface area (Å²) in [7, 11) is -3.13. The molecule has 7 nitrogen and oxygen atoms in total. The van der Waals surface area contributed by atoms with Crippen LogP contribution in [0.4, 0.5) is 8.78 Å². The van der Waals surface area contributed by atoms with E-state index in [2.05, 4.69) is 10.1 Å². The van der Waals surface area contributed by atoms with E-state index >= 15 is 0 Å². The lowest BCUT2D eigenvalue weighted by Crippen LogP contribution is -2.42. The Bertz CT molecular complexity index is 735. The molecule has 10 heteroatoms. The van der Waals surface area contributed by atoms with Crippen LogP contribution >= 0.6 is 0 Å². The molecule has 0 aliphatic carbocycles. The number of alkyl halides is 2. The van der Waals surface area contributed by atoms with Crippen LogP contribution in [0.1, 0.15) is 23.7 Å². The first-order valence-electron chi connectivity index (χ1n) is 7.43. The first-order valence-corrected chi connectivity index (χ1v) is 9.25. The van der Waals surface area contributed by atoms with Crippen molar-refractivity contribution in [1.82, 2.24) is 5.32 Å². The molecule has 0 saturated carbocycles. The number of halogens is 2. The molecular formula is C15H17F2NO6S. The minimum Gasteiger partial charge on any atom is -0.449 e. The maximum absolute atomic E-state index is 12.1. The lowest BCUT2D eigenvalue weighted by molar-refractivity contribution is -0.129. The number of amides is 1. The van der Waals surface area contributed by atoms with Crippen molar-refractivity contribution in [3.8, 4) is 5.75 Å². The number of hydrogen-bond donors (Lipinski definition) is 1. The van der Waals surface area contributed by atoms with Gasteiger partial charge in [-0.15, -0.1) is 0 Å². The molecule has 1 heterocycles. The lowest BCUT2D eigenvalue weighted by atomic mass is 10.2. The van der Waals surface area contributed by atoms with Crippen LogP contribution in [0.25, 0.3) is 0 Å². The molecule has 25 heavy (non-hydrogen) atoms. The van der Waals surface area contributed by atoms with Crippen LogP contribution in [0.3, 0.4) is 0 Å².